The second-order valence-electron chi connectivity index (χ2n) is 3.75. The number of allylic oxidation sites excluding steroid dienone is 2. The number of benzene rings is 1. The van der Waals surface area contributed by atoms with Crippen LogP contribution in [0.25, 0.3) is 0 Å². The average molecular weight is 371 g/mol. The lowest BCUT2D eigenvalue weighted by atomic mass is 10.1. The highest BCUT2D eigenvalue weighted by atomic mass is 79.9. The monoisotopic (exact) mass is 370 g/mol. The number of halogens is 4. The number of hydrogen-bond donors (Lipinski definition) is 1. The van der Waals surface area contributed by atoms with Gasteiger partial charge in [-0.15, -0.1) is 0 Å². The Kier molecular flexibility index (Phi) is 5.39. The smallest absolute Gasteiger partial charge is 0.420 e. The maximum absolute atomic E-state index is 13.0. The van der Waals surface area contributed by atoms with Gasteiger partial charge in [-0.05, 0) is 28.1 Å². The highest BCUT2D eigenvalue weighted by Crippen LogP contribution is 2.42. The molecule has 0 unspecified atom stereocenters. The van der Waals surface area contributed by atoms with E-state index in [4.69, 9.17) is 20.5 Å². The van der Waals surface area contributed by atoms with Crippen LogP contribution in [0.1, 0.15) is 5.56 Å². The van der Waals surface area contributed by atoms with E-state index in [0.717, 1.165) is 7.11 Å². The van der Waals surface area contributed by atoms with Crippen molar-refractivity contribution >= 4 is 21.6 Å². The number of nitrogens with one attached hydrogen (secondary N) is 1. The molecule has 9 heteroatoms. The van der Waals surface area contributed by atoms with Crippen molar-refractivity contribution in [3.8, 4) is 24.0 Å². The SMILES string of the molecule is COc1c(Br)cc(NC(C#N)=C(C#N)C#N)cc1C(F)(F)F. The van der Waals surface area contributed by atoms with Crippen molar-refractivity contribution in [2.75, 3.05) is 12.4 Å². The normalized spacial score (nSPS) is 9.91. The fourth-order valence-corrected chi connectivity index (χ4v) is 2.13. The van der Waals surface area contributed by atoms with Crippen LogP contribution in [0.3, 0.4) is 0 Å². The summed E-state index contributed by atoms with van der Waals surface area (Å²) >= 11 is 2.94. The Morgan fingerprint density at radius 2 is 1.77 bits per heavy atom. The van der Waals surface area contributed by atoms with Crippen LogP contribution >= 0.6 is 15.9 Å². The molecular weight excluding hydrogens is 365 g/mol. The van der Waals surface area contributed by atoms with E-state index in [9.17, 15) is 13.2 Å². The summed E-state index contributed by atoms with van der Waals surface area (Å²) in [7, 11) is 1.09. The predicted molar refractivity (Wildman–Crippen MR) is 73.2 cm³/mol. The van der Waals surface area contributed by atoms with Gasteiger partial charge in [-0.3, -0.25) is 0 Å². The van der Waals surface area contributed by atoms with Crippen LogP contribution in [0, 0.1) is 34.0 Å². The molecule has 1 rings (SSSR count). The number of nitriles is 3. The number of nitrogens with zero attached hydrogens (tertiary/aromatic N) is 3. The van der Waals surface area contributed by atoms with Crippen molar-refractivity contribution in [2.45, 2.75) is 6.18 Å². The first kappa shape index (κ1) is 17.4. The van der Waals surface area contributed by atoms with Crippen molar-refractivity contribution < 1.29 is 17.9 Å². The molecule has 22 heavy (non-hydrogen) atoms. The fourth-order valence-electron chi connectivity index (χ4n) is 1.51. The summed E-state index contributed by atoms with van der Waals surface area (Å²) in [6, 6.07) is 6.46. The number of methoxy groups -OCH3 is 1. The number of alkyl halides is 3. The molecule has 0 heterocycles. The van der Waals surface area contributed by atoms with Crippen LogP contribution in [0.4, 0.5) is 18.9 Å². The van der Waals surface area contributed by atoms with Crippen LogP contribution in [0.15, 0.2) is 27.9 Å². The Labute approximate surface area is 132 Å². The van der Waals surface area contributed by atoms with Crippen molar-refractivity contribution in [1.82, 2.24) is 0 Å². The van der Waals surface area contributed by atoms with Gasteiger partial charge >= 0.3 is 6.18 Å². The van der Waals surface area contributed by atoms with Crippen molar-refractivity contribution in [3.63, 3.8) is 0 Å². The zero-order valence-corrected chi connectivity index (χ0v) is 12.5. The van der Waals surface area contributed by atoms with Crippen molar-refractivity contribution in [2.24, 2.45) is 0 Å². The molecule has 0 aromatic heterocycles. The number of ether oxygens (including phenoxy) is 1. The summed E-state index contributed by atoms with van der Waals surface area (Å²) in [6.07, 6.45) is -4.69. The third-order valence-electron chi connectivity index (χ3n) is 2.41. The predicted octanol–water partition coefficient (Wildman–Crippen LogP) is 3.71. The van der Waals surface area contributed by atoms with Gasteiger partial charge in [0.1, 0.15) is 35.2 Å². The summed E-state index contributed by atoms with van der Waals surface area (Å²) in [4.78, 5) is 0. The van der Waals surface area contributed by atoms with E-state index >= 15 is 0 Å². The second-order valence-corrected chi connectivity index (χ2v) is 4.60. The van der Waals surface area contributed by atoms with Gasteiger partial charge in [-0.2, -0.15) is 29.0 Å². The van der Waals surface area contributed by atoms with E-state index in [0.29, 0.717) is 6.07 Å². The van der Waals surface area contributed by atoms with Gasteiger partial charge in [0.2, 0.25) is 0 Å². The minimum absolute atomic E-state index is 0.0000742. The molecule has 0 radical (unpaired) electrons. The van der Waals surface area contributed by atoms with E-state index in [-0.39, 0.29) is 10.2 Å². The highest BCUT2D eigenvalue weighted by Gasteiger charge is 2.35. The fraction of sp³-hybridized carbons (Fsp3) is 0.154. The van der Waals surface area contributed by atoms with Crippen LogP contribution in [-0.4, -0.2) is 7.11 Å². The summed E-state index contributed by atoms with van der Waals surface area (Å²) in [5.41, 5.74) is -2.18. The molecule has 0 aliphatic rings. The molecule has 0 amide bonds. The Balaban J connectivity index is 3.45. The van der Waals surface area contributed by atoms with E-state index in [1.54, 1.807) is 6.07 Å². The molecule has 112 valence electrons. The first-order valence-electron chi connectivity index (χ1n) is 5.44. The zero-order valence-electron chi connectivity index (χ0n) is 10.9. The number of hydrogen-bond acceptors (Lipinski definition) is 5. The standard InChI is InChI=1S/C13H6BrF3N4O/c1-22-12-9(13(15,16)17)2-8(3-10(12)14)21-11(6-20)7(4-18)5-19/h2-3,21H,1H3. The summed E-state index contributed by atoms with van der Waals surface area (Å²) in [6.45, 7) is 0. The zero-order chi connectivity index (χ0) is 16.9. The van der Waals surface area contributed by atoms with E-state index in [1.807, 2.05) is 0 Å². The Bertz CT molecular complexity index is 735. The first-order chi connectivity index (χ1) is 10.3. The molecule has 0 aliphatic heterocycles. The average Bonchev–Trinajstić information content (AvgIpc) is 2.45. The Hall–Kier alpha value is -2.70. The van der Waals surface area contributed by atoms with Gasteiger partial charge in [0.05, 0.1) is 11.6 Å². The third kappa shape index (κ3) is 3.69. The van der Waals surface area contributed by atoms with Crippen LogP contribution in [0.5, 0.6) is 5.75 Å². The molecule has 0 aliphatic carbocycles. The molecule has 0 fully saturated rings. The van der Waals surface area contributed by atoms with Gasteiger partial charge < -0.3 is 10.1 Å². The lowest BCUT2D eigenvalue weighted by Gasteiger charge is -2.16. The molecule has 0 atom stereocenters. The second kappa shape index (κ2) is 6.84. The quantitative estimate of drug-likeness (QED) is 0.818. The highest BCUT2D eigenvalue weighted by molar-refractivity contribution is 9.10. The largest absolute Gasteiger partial charge is 0.495 e. The molecule has 0 bridgehead atoms. The number of anilines is 1. The summed E-state index contributed by atoms with van der Waals surface area (Å²) < 4.78 is 43.7. The molecule has 1 N–H and O–H groups in total. The minimum atomic E-state index is -4.69. The van der Waals surface area contributed by atoms with Gasteiger partial charge in [0.15, 0.2) is 5.57 Å². The third-order valence-corrected chi connectivity index (χ3v) is 3.00. The summed E-state index contributed by atoms with van der Waals surface area (Å²) in [5.74, 6) is -0.415. The first-order valence-corrected chi connectivity index (χ1v) is 6.24. The van der Waals surface area contributed by atoms with E-state index in [1.165, 1.54) is 18.2 Å². The Morgan fingerprint density at radius 1 is 1.18 bits per heavy atom. The number of rotatable bonds is 3. The molecule has 0 spiro atoms. The molecule has 0 saturated heterocycles. The summed E-state index contributed by atoms with van der Waals surface area (Å²) in [5, 5.41) is 28.6. The van der Waals surface area contributed by atoms with Gasteiger partial charge in [-0.1, -0.05) is 0 Å². The van der Waals surface area contributed by atoms with Crippen LogP contribution < -0.4 is 10.1 Å². The van der Waals surface area contributed by atoms with Gasteiger partial charge in [0, 0.05) is 5.69 Å². The lowest BCUT2D eigenvalue weighted by Crippen LogP contribution is -2.10. The van der Waals surface area contributed by atoms with E-state index < -0.39 is 28.8 Å². The topological polar surface area (TPSA) is 92.6 Å². The minimum Gasteiger partial charge on any atom is -0.495 e. The molecule has 1 aromatic carbocycles. The van der Waals surface area contributed by atoms with Gasteiger partial charge in [0.25, 0.3) is 0 Å². The van der Waals surface area contributed by atoms with Crippen LogP contribution in [0.2, 0.25) is 0 Å². The van der Waals surface area contributed by atoms with Crippen molar-refractivity contribution in [1.29, 1.82) is 15.8 Å². The van der Waals surface area contributed by atoms with Gasteiger partial charge in [-0.25, -0.2) is 0 Å². The molecule has 5 nitrogen and oxygen atoms in total. The molecular formula is C13H6BrF3N4O. The lowest BCUT2D eigenvalue weighted by molar-refractivity contribution is -0.138. The van der Waals surface area contributed by atoms with E-state index in [2.05, 4.69) is 21.2 Å². The van der Waals surface area contributed by atoms with Crippen molar-refractivity contribution in [3.05, 3.63) is 33.4 Å². The molecule has 1 aromatic rings. The molecule has 0 saturated carbocycles. The Morgan fingerprint density at radius 3 is 2.18 bits per heavy atom. The maximum atomic E-state index is 13.0. The maximum Gasteiger partial charge on any atom is 0.420 e. The van der Waals surface area contributed by atoms with Crippen LogP contribution in [-0.2, 0) is 6.18 Å².